The minimum absolute atomic E-state index is 0.155. The molecule has 2 aliphatic rings. The first-order chi connectivity index (χ1) is 10.5. The molecule has 22 heavy (non-hydrogen) atoms. The SMILES string of the molecule is CC1CCC2(CC1)NC(=O)N(/N=C/c1ccc(O)cc1)C2=O. The van der Waals surface area contributed by atoms with Gasteiger partial charge in [-0.2, -0.15) is 5.10 Å². The number of carbonyl (C=O) groups is 2. The number of rotatable bonds is 2. The van der Waals surface area contributed by atoms with Crippen molar-refractivity contribution in [3.05, 3.63) is 29.8 Å². The van der Waals surface area contributed by atoms with E-state index in [1.807, 2.05) is 0 Å². The standard InChI is InChI=1S/C16H19N3O3/c1-11-6-8-16(9-7-11)14(21)19(15(22)18-16)17-10-12-2-4-13(20)5-3-12/h2-5,10-11,20H,6-9H2,1H3,(H,18,22)/b17-10+. The van der Waals surface area contributed by atoms with Crippen molar-refractivity contribution < 1.29 is 14.7 Å². The molecule has 0 unspecified atom stereocenters. The monoisotopic (exact) mass is 301 g/mol. The molecular formula is C16H19N3O3. The number of phenolic OH excluding ortho intramolecular Hbond substituents is 1. The fraction of sp³-hybridized carbons (Fsp3) is 0.438. The molecule has 3 rings (SSSR count). The zero-order valence-electron chi connectivity index (χ0n) is 12.5. The molecule has 6 nitrogen and oxygen atoms in total. The van der Waals surface area contributed by atoms with Crippen LogP contribution in [0.4, 0.5) is 4.79 Å². The van der Waals surface area contributed by atoms with E-state index in [-0.39, 0.29) is 11.7 Å². The van der Waals surface area contributed by atoms with Crippen LogP contribution in [0, 0.1) is 5.92 Å². The van der Waals surface area contributed by atoms with Gasteiger partial charge in [0.2, 0.25) is 0 Å². The lowest BCUT2D eigenvalue weighted by molar-refractivity contribution is -0.132. The third-order valence-corrected chi connectivity index (χ3v) is 4.48. The van der Waals surface area contributed by atoms with Gasteiger partial charge in [-0.15, -0.1) is 5.01 Å². The van der Waals surface area contributed by atoms with Crippen LogP contribution in [0.2, 0.25) is 0 Å². The number of nitrogens with one attached hydrogen (secondary N) is 1. The summed E-state index contributed by atoms with van der Waals surface area (Å²) in [5, 5.41) is 17.0. The molecule has 2 fully saturated rings. The Morgan fingerprint density at radius 1 is 1.27 bits per heavy atom. The van der Waals surface area contributed by atoms with Crippen molar-refractivity contribution in [3.8, 4) is 5.75 Å². The third-order valence-electron chi connectivity index (χ3n) is 4.48. The summed E-state index contributed by atoms with van der Waals surface area (Å²) in [6.07, 6.45) is 4.65. The molecule has 1 saturated carbocycles. The molecular weight excluding hydrogens is 282 g/mol. The number of imide groups is 1. The molecule has 1 aliphatic carbocycles. The Balaban J connectivity index is 1.76. The lowest BCUT2D eigenvalue weighted by Gasteiger charge is -2.33. The predicted molar refractivity (Wildman–Crippen MR) is 81.4 cm³/mol. The maximum absolute atomic E-state index is 12.6. The van der Waals surface area contributed by atoms with Crippen LogP contribution in [0.15, 0.2) is 29.4 Å². The van der Waals surface area contributed by atoms with Gasteiger partial charge in [-0.25, -0.2) is 4.79 Å². The maximum atomic E-state index is 12.6. The highest BCUT2D eigenvalue weighted by atomic mass is 16.3. The Labute approximate surface area is 128 Å². The number of nitrogens with zero attached hydrogens (tertiary/aromatic N) is 2. The molecule has 0 aromatic heterocycles. The van der Waals surface area contributed by atoms with Crippen molar-refractivity contribution in [1.82, 2.24) is 10.3 Å². The summed E-state index contributed by atoms with van der Waals surface area (Å²) in [6.45, 7) is 2.16. The van der Waals surface area contributed by atoms with Crippen LogP contribution in [-0.2, 0) is 4.79 Å². The minimum atomic E-state index is -0.768. The lowest BCUT2D eigenvalue weighted by Crippen LogP contribution is -2.49. The van der Waals surface area contributed by atoms with Crippen molar-refractivity contribution in [2.24, 2.45) is 11.0 Å². The molecule has 0 bridgehead atoms. The number of benzene rings is 1. The molecule has 3 amide bonds. The van der Waals surface area contributed by atoms with Crippen molar-refractivity contribution in [3.63, 3.8) is 0 Å². The quantitative estimate of drug-likeness (QED) is 0.649. The molecule has 1 aromatic rings. The average molecular weight is 301 g/mol. The number of phenols is 1. The fourth-order valence-corrected chi connectivity index (χ4v) is 2.99. The van der Waals surface area contributed by atoms with E-state index in [1.54, 1.807) is 12.1 Å². The molecule has 1 aromatic carbocycles. The van der Waals surface area contributed by atoms with Crippen LogP contribution < -0.4 is 5.32 Å². The van der Waals surface area contributed by atoms with Gasteiger partial charge in [-0.3, -0.25) is 4.79 Å². The summed E-state index contributed by atoms with van der Waals surface area (Å²) in [7, 11) is 0. The van der Waals surface area contributed by atoms with Crippen molar-refractivity contribution in [2.45, 2.75) is 38.1 Å². The van der Waals surface area contributed by atoms with E-state index >= 15 is 0 Å². The van der Waals surface area contributed by atoms with Gasteiger partial charge >= 0.3 is 6.03 Å². The third kappa shape index (κ3) is 2.56. The van der Waals surface area contributed by atoms with E-state index < -0.39 is 11.6 Å². The van der Waals surface area contributed by atoms with Gasteiger partial charge < -0.3 is 10.4 Å². The maximum Gasteiger partial charge on any atom is 0.346 e. The van der Waals surface area contributed by atoms with Gasteiger partial charge in [0, 0.05) is 0 Å². The number of urea groups is 1. The second-order valence-corrected chi connectivity index (χ2v) is 6.15. The van der Waals surface area contributed by atoms with Crippen molar-refractivity contribution in [1.29, 1.82) is 0 Å². The topological polar surface area (TPSA) is 82.0 Å². The fourth-order valence-electron chi connectivity index (χ4n) is 2.99. The van der Waals surface area contributed by atoms with Crippen LogP contribution >= 0.6 is 0 Å². The van der Waals surface area contributed by atoms with E-state index in [0.29, 0.717) is 24.3 Å². The van der Waals surface area contributed by atoms with Crippen molar-refractivity contribution >= 4 is 18.2 Å². The average Bonchev–Trinajstić information content (AvgIpc) is 2.73. The molecule has 1 saturated heterocycles. The van der Waals surface area contributed by atoms with Gasteiger partial charge in [0.25, 0.3) is 5.91 Å². The Hall–Kier alpha value is -2.37. The van der Waals surface area contributed by atoms with Gasteiger partial charge in [-0.1, -0.05) is 6.92 Å². The number of amides is 3. The first-order valence-electron chi connectivity index (χ1n) is 7.50. The van der Waals surface area contributed by atoms with Gasteiger partial charge in [0.15, 0.2) is 0 Å². The number of hydrogen-bond donors (Lipinski definition) is 2. The minimum Gasteiger partial charge on any atom is -0.508 e. The number of hydrazone groups is 1. The van der Waals surface area contributed by atoms with E-state index in [2.05, 4.69) is 17.3 Å². The normalized spacial score (nSPS) is 28.6. The largest absolute Gasteiger partial charge is 0.508 e. The van der Waals surface area contributed by atoms with Gasteiger partial charge in [0.05, 0.1) is 6.21 Å². The summed E-state index contributed by atoms with van der Waals surface area (Å²) in [4.78, 5) is 24.6. The second kappa shape index (κ2) is 5.44. The van der Waals surface area contributed by atoms with E-state index in [0.717, 1.165) is 17.9 Å². The summed E-state index contributed by atoms with van der Waals surface area (Å²) in [5.74, 6) is 0.478. The first-order valence-corrected chi connectivity index (χ1v) is 7.50. The Morgan fingerprint density at radius 3 is 2.55 bits per heavy atom. The van der Waals surface area contributed by atoms with E-state index in [4.69, 9.17) is 0 Å². The highest BCUT2D eigenvalue weighted by Gasteiger charge is 2.52. The van der Waals surface area contributed by atoms with Crippen molar-refractivity contribution in [2.75, 3.05) is 0 Å². The predicted octanol–water partition coefficient (Wildman–Crippen LogP) is 2.23. The van der Waals surface area contributed by atoms with Crippen LogP contribution in [0.1, 0.15) is 38.2 Å². The zero-order valence-corrected chi connectivity index (χ0v) is 12.5. The summed E-state index contributed by atoms with van der Waals surface area (Å²) < 4.78 is 0. The molecule has 0 atom stereocenters. The zero-order chi connectivity index (χ0) is 15.7. The summed E-state index contributed by atoms with van der Waals surface area (Å²) >= 11 is 0. The molecule has 1 heterocycles. The summed E-state index contributed by atoms with van der Waals surface area (Å²) in [6, 6.07) is 5.91. The Kier molecular flexibility index (Phi) is 3.60. The Morgan fingerprint density at radius 2 is 1.91 bits per heavy atom. The lowest BCUT2D eigenvalue weighted by atomic mass is 9.77. The number of hydrogen-bond acceptors (Lipinski definition) is 4. The number of carbonyl (C=O) groups excluding carboxylic acids is 2. The smallest absolute Gasteiger partial charge is 0.346 e. The van der Waals surface area contributed by atoms with Gasteiger partial charge in [-0.05, 0) is 61.4 Å². The second-order valence-electron chi connectivity index (χ2n) is 6.15. The van der Waals surface area contributed by atoms with Gasteiger partial charge in [0.1, 0.15) is 11.3 Å². The molecule has 1 aliphatic heterocycles. The van der Waals surface area contributed by atoms with Crippen LogP contribution in [0.25, 0.3) is 0 Å². The highest BCUT2D eigenvalue weighted by molar-refractivity contribution is 6.07. The van der Waals surface area contributed by atoms with Crippen LogP contribution in [-0.4, -0.2) is 33.8 Å². The molecule has 2 N–H and O–H groups in total. The highest BCUT2D eigenvalue weighted by Crippen LogP contribution is 2.36. The van der Waals surface area contributed by atoms with E-state index in [1.165, 1.54) is 18.3 Å². The van der Waals surface area contributed by atoms with Crippen LogP contribution in [0.5, 0.6) is 5.75 Å². The molecule has 116 valence electrons. The molecule has 0 radical (unpaired) electrons. The first kappa shape index (κ1) is 14.6. The number of aromatic hydroxyl groups is 1. The molecule has 6 heteroatoms. The van der Waals surface area contributed by atoms with Crippen LogP contribution in [0.3, 0.4) is 0 Å². The summed E-state index contributed by atoms with van der Waals surface area (Å²) in [5.41, 5.74) is -0.0628. The van der Waals surface area contributed by atoms with E-state index in [9.17, 15) is 14.7 Å². The Bertz CT molecular complexity index is 616. The molecule has 1 spiro atoms.